The first-order chi connectivity index (χ1) is 67.4. The van der Waals surface area contributed by atoms with Crippen LogP contribution in [0.5, 0.6) is 0 Å². The SMILES string of the molecule is CC(=O)OCC1CC(N)C1.CC(=O)OCC1CC(NC(=O)OC(C)(C)C)C1.CC(C)(C)OC(=O)NC1CC(C(=O)O)C1.CC(C)(C)OC(=O)NC1CC(CO)C1.CC1CCC(C(=O)N(c2cc(C#CC(C)(C)C)sc2C(=O)O)C2CC(CO)C2)CC1.COC(=O)c1sc(C#CC(C)(C)C)cc1N(C(=O)C1CCC(C)CC1)C1CC(COC(C)=O)C1.COC(=O)c1sc(C#CC(C)(C)C)cc1NC1CC(COC(C)=O)C1. The first-order valence-corrected chi connectivity index (χ1v) is 53.4. The molecule has 0 aliphatic heterocycles. The number of aliphatic hydroxyl groups excluding tert-OH is 2. The lowest BCUT2D eigenvalue weighted by Gasteiger charge is -2.44. The van der Waals surface area contributed by atoms with Crippen LogP contribution in [0.15, 0.2) is 18.2 Å². The third kappa shape index (κ3) is 45.3. The van der Waals surface area contributed by atoms with Crippen LogP contribution in [-0.2, 0) is 76.2 Å². The van der Waals surface area contributed by atoms with E-state index in [4.69, 9.17) is 58.6 Å². The highest BCUT2D eigenvalue weighted by Crippen LogP contribution is 2.46. The van der Waals surface area contributed by atoms with Crippen LogP contribution < -0.4 is 36.8 Å². The number of amides is 5. The Kier molecular flexibility index (Phi) is 48.1. The summed E-state index contributed by atoms with van der Waals surface area (Å²) < 4.78 is 45.1. The molecule has 36 heteroatoms. The Morgan fingerprint density at radius 1 is 0.386 bits per heavy atom. The number of nitrogens with two attached hydrogens (primary N) is 1. The van der Waals surface area contributed by atoms with E-state index in [9.17, 15) is 72.5 Å². The maximum absolute atomic E-state index is 13.9. The summed E-state index contributed by atoms with van der Waals surface area (Å²) >= 11 is 3.77. The molecule has 3 aromatic rings. The number of aromatic carboxylic acids is 1. The van der Waals surface area contributed by atoms with Gasteiger partial charge in [0.15, 0.2) is 0 Å². The van der Waals surface area contributed by atoms with E-state index in [1.807, 2.05) is 121 Å². The third-order valence-electron chi connectivity index (χ3n) is 25.2. The van der Waals surface area contributed by atoms with Crippen molar-refractivity contribution in [3.8, 4) is 35.5 Å². The number of anilines is 3. The average Bonchev–Trinajstić information content (AvgIpc) is 1.70. The highest BCUT2D eigenvalue weighted by molar-refractivity contribution is 7.16. The summed E-state index contributed by atoms with van der Waals surface area (Å²) in [5.41, 5.74) is 5.51. The molecule has 9 fully saturated rings. The number of carbonyl (C=O) groups excluding carboxylic acids is 11. The number of alkyl carbamates (subject to hydrolysis) is 3. The van der Waals surface area contributed by atoms with Gasteiger partial charge in [-0.05, 0) is 331 Å². The summed E-state index contributed by atoms with van der Waals surface area (Å²) in [7, 11) is 2.74. The van der Waals surface area contributed by atoms with Gasteiger partial charge in [0.05, 0.1) is 78.3 Å². The van der Waals surface area contributed by atoms with E-state index in [2.05, 4.69) is 70.6 Å². The maximum atomic E-state index is 13.9. The van der Waals surface area contributed by atoms with Crippen LogP contribution in [0.1, 0.15) is 351 Å². The molecule has 0 atom stereocenters. The van der Waals surface area contributed by atoms with Crippen molar-refractivity contribution < 1.29 is 125 Å². The molecule has 145 heavy (non-hydrogen) atoms. The predicted octanol–water partition coefficient (Wildman–Crippen LogP) is 18.7. The van der Waals surface area contributed by atoms with E-state index in [1.54, 1.807) is 31.7 Å². The minimum Gasteiger partial charge on any atom is -0.481 e. The number of carboxylic acid groups (broad SMARTS) is 2. The second kappa shape index (κ2) is 56.4. The van der Waals surface area contributed by atoms with Gasteiger partial charge in [0, 0.05) is 111 Å². The van der Waals surface area contributed by atoms with Gasteiger partial charge in [-0.15, -0.1) is 34.0 Å². The number of thiophene rings is 3. The minimum absolute atomic E-state index is 0.0335. The van der Waals surface area contributed by atoms with E-state index in [1.165, 1.54) is 64.6 Å². The monoisotopic (exact) mass is 2080 g/mol. The molecular weight excluding hydrogens is 1920 g/mol. The number of nitrogens with zero attached hydrogens (tertiary/aromatic N) is 2. The van der Waals surface area contributed by atoms with Crippen molar-refractivity contribution in [1.82, 2.24) is 16.0 Å². The summed E-state index contributed by atoms with van der Waals surface area (Å²) in [5, 5.41) is 48.3. The molecule has 3 aromatic heterocycles. The van der Waals surface area contributed by atoms with Gasteiger partial charge in [-0.1, -0.05) is 49.4 Å². The van der Waals surface area contributed by atoms with E-state index >= 15 is 0 Å². The normalized spacial score (nSPS) is 24.5. The largest absolute Gasteiger partial charge is 0.481 e. The van der Waals surface area contributed by atoms with Crippen LogP contribution in [0.2, 0.25) is 0 Å². The maximum Gasteiger partial charge on any atom is 0.407 e. The van der Waals surface area contributed by atoms with E-state index in [0.717, 1.165) is 142 Å². The molecule has 9 aliphatic rings. The van der Waals surface area contributed by atoms with E-state index < -0.39 is 40.8 Å². The Hall–Kier alpha value is -10.0. The molecule has 10 N–H and O–H groups in total. The van der Waals surface area contributed by atoms with Gasteiger partial charge in [-0.2, -0.15) is 0 Å². The summed E-state index contributed by atoms with van der Waals surface area (Å²) in [6.45, 7) is 46.9. The molecule has 0 saturated heterocycles. The number of methoxy groups -OCH3 is 2. The van der Waals surface area contributed by atoms with Crippen LogP contribution in [0.3, 0.4) is 0 Å². The van der Waals surface area contributed by atoms with Crippen molar-refractivity contribution in [2.45, 2.75) is 367 Å². The number of ether oxygens (including phenoxy) is 9. The molecule has 9 saturated carbocycles. The molecular formula is C109H165N7O26S3. The number of aliphatic carboxylic acids is 1. The predicted molar refractivity (Wildman–Crippen MR) is 559 cm³/mol. The van der Waals surface area contributed by atoms with Gasteiger partial charge < -0.3 is 99.9 Å². The van der Waals surface area contributed by atoms with Crippen LogP contribution in [-0.4, -0.2) is 211 Å². The number of hydrogen-bond donors (Lipinski definition) is 9. The number of aliphatic hydroxyl groups is 2. The topological polar surface area (TPSA) is 467 Å². The van der Waals surface area contributed by atoms with Crippen LogP contribution in [0.4, 0.5) is 31.4 Å². The van der Waals surface area contributed by atoms with Crippen LogP contribution in [0, 0.1) is 117 Å². The molecule has 12 rings (SSSR count). The number of carbonyl (C=O) groups is 13. The van der Waals surface area contributed by atoms with Crippen molar-refractivity contribution in [3.63, 3.8) is 0 Å². The Labute approximate surface area is 870 Å². The molecule has 810 valence electrons. The van der Waals surface area contributed by atoms with E-state index in [0.29, 0.717) is 120 Å². The number of hydrogen-bond acceptors (Lipinski definition) is 29. The minimum atomic E-state index is -1.02. The second-order valence-electron chi connectivity index (χ2n) is 46.2. The second-order valence-corrected chi connectivity index (χ2v) is 49.3. The van der Waals surface area contributed by atoms with Crippen LogP contribution in [0.25, 0.3) is 0 Å². The lowest BCUT2D eigenvalue weighted by molar-refractivity contribution is -0.146. The molecule has 5 amide bonds. The molecule has 0 aromatic carbocycles. The highest BCUT2D eigenvalue weighted by Gasteiger charge is 2.46. The highest BCUT2D eigenvalue weighted by atomic mass is 32.1. The molecule has 0 unspecified atom stereocenters. The first-order valence-electron chi connectivity index (χ1n) is 50.9. The number of esters is 6. The van der Waals surface area contributed by atoms with Gasteiger partial charge in [0.2, 0.25) is 11.8 Å². The Morgan fingerprint density at radius 2 is 0.676 bits per heavy atom. The summed E-state index contributed by atoms with van der Waals surface area (Å²) in [5.74, 6) is 18.4. The lowest BCUT2D eigenvalue weighted by atomic mass is 9.77. The summed E-state index contributed by atoms with van der Waals surface area (Å²) in [6, 6.07) is 6.37. The van der Waals surface area contributed by atoms with Crippen molar-refractivity contribution in [2.24, 2.45) is 87.1 Å². The van der Waals surface area contributed by atoms with Gasteiger partial charge in [-0.3, -0.25) is 33.6 Å². The quantitative estimate of drug-likeness (QED) is 0.0216. The number of carboxylic acids is 2. The third-order valence-corrected chi connectivity index (χ3v) is 28.3. The van der Waals surface area contributed by atoms with Crippen molar-refractivity contribution in [2.75, 3.05) is 69.0 Å². The fourth-order valence-corrected chi connectivity index (χ4v) is 19.8. The summed E-state index contributed by atoms with van der Waals surface area (Å²) in [6.07, 6.45) is 17.5. The molecule has 0 bridgehead atoms. The fraction of sp³-hybridized carbons (Fsp3) is 0.716. The Balaban J connectivity index is 0.000000268. The number of rotatable bonds is 25. The zero-order valence-electron chi connectivity index (χ0n) is 90.4. The van der Waals surface area contributed by atoms with Gasteiger partial charge in [-0.25, -0.2) is 28.8 Å². The fourth-order valence-electron chi connectivity index (χ4n) is 17.1. The van der Waals surface area contributed by atoms with E-state index in [-0.39, 0.29) is 154 Å². The van der Waals surface area contributed by atoms with Gasteiger partial charge in [0.1, 0.15) is 31.4 Å². The van der Waals surface area contributed by atoms with Crippen molar-refractivity contribution in [3.05, 3.63) is 47.5 Å². The Bertz CT molecular complexity index is 5000. The first kappa shape index (κ1) is 124. The van der Waals surface area contributed by atoms with Crippen LogP contribution >= 0.6 is 34.0 Å². The van der Waals surface area contributed by atoms with Crippen molar-refractivity contribution >= 4 is 129 Å². The molecule has 0 spiro atoms. The van der Waals surface area contributed by atoms with Crippen molar-refractivity contribution in [1.29, 1.82) is 0 Å². The molecule has 3 heterocycles. The lowest BCUT2D eigenvalue weighted by Crippen LogP contribution is -2.51. The van der Waals surface area contributed by atoms with Gasteiger partial charge >= 0.3 is 66.0 Å². The Morgan fingerprint density at radius 3 is 0.993 bits per heavy atom. The zero-order valence-corrected chi connectivity index (χ0v) is 92.8. The smallest absolute Gasteiger partial charge is 0.407 e. The molecule has 33 nitrogen and oxygen atoms in total. The zero-order chi connectivity index (χ0) is 109. The number of nitrogens with one attached hydrogen (secondary N) is 4. The average molecular weight is 2090 g/mol. The molecule has 0 radical (unpaired) electrons. The summed E-state index contributed by atoms with van der Waals surface area (Å²) in [4.78, 5) is 159. The molecule has 9 aliphatic carbocycles. The van der Waals surface area contributed by atoms with Gasteiger partial charge in [0.25, 0.3) is 0 Å². The standard InChI is InChI=1S/C27H37NO5S.C24H33NO4S.C19H25NO4S.C12H21NO4.C10H17NO4.C10H19NO3.C7H13NO2/c1-17-7-9-20(10-8-17)25(30)28(21-13-19(14-21)16-33-18(2)29)23-15-22(11-12-27(3,4)5)34-24(23)26(31)32-6;1-15-5-7-17(8-6-15)22(27)25(18-11-16(12-18)14-26)20-13-19(9-10-24(2,3)4)30-21(20)23(28)29;1-12(21)24-11-13-8-14(9-13)20-16-10-15(6-7-19(2,3)4)25-17(16)18(22)23-5;1-8(14)16-7-9-5-10(6-9)13-11(15)17-12(2,3)4;1-10(2,3)15-9(14)11-7-4-6(5-7)8(12)13;1-10(2,3)14-9(13)11-8-4-7(5-8)6-12;1-5(9)10-4-6-2-7(8)3-6/h15,17,19-21H,7-10,13-14,16H2,1-6H3;13,15-18,26H,5-8,11-12,14H2,1-4H3,(H,28,29);10,13-14,20H,8-9,11H2,1-5H3;9-10H,5-7H2,1-4H3,(H,13,15);6-7H,4-5H2,1-3H3,(H,11,14)(H,12,13);7-8,12H,4-6H2,1-3H3,(H,11,13);6-7H,2-4,8H2,1H3.